The van der Waals surface area contributed by atoms with Gasteiger partial charge in [0.05, 0.1) is 39.9 Å². The van der Waals surface area contributed by atoms with E-state index in [9.17, 15) is 27.6 Å². The molecule has 5 heterocycles. The molecule has 40 heavy (non-hydrogen) atoms. The Bertz CT molecular complexity index is 1560. The first-order chi connectivity index (χ1) is 18.8. The Hall–Kier alpha value is -3.38. The van der Waals surface area contributed by atoms with Gasteiger partial charge in [-0.1, -0.05) is 13.8 Å². The number of fused-ring (bicyclic) bond motifs is 2. The third kappa shape index (κ3) is 4.02. The molecule has 8 nitrogen and oxygen atoms in total. The van der Waals surface area contributed by atoms with Gasteiger partial charge in [0.2, 0.25) is 11.8 Å². The molecule has 210 valence electrons. The molecule has 2 saturated heterocycles. The third-order valence-corrected chi connectivity index (χ3v) is 9.55. The number of carbonyl (C=O) groups is 3. The monoisotopic (exact) mass is 571 g/mol. The number of halogens is 3. The second-order valence-corrected chi connectivity index (χ2v) is 12.6. The summed E-state index contributed by atoms with van der Waals surface area (Å²) in [5.74, 6) is -5.22. The van der Waals surface area contributed by atoms with E-state index in [4.69, 9.17) is 5.73 Å². The van der Waals surface area contributed by atoms with E-state index >= 15 is 0 Å². The Morgan fingerprint density at radius 1 is 1.23 bits per heavy atom. The molecule has 6 rings (SSSR count). The molecule has 3 atom stereocenters. The van der Waals surface area contributed by atoms with Crippen LogP contribution in [-0.4, -0.2) is 63.3 Å². The van der Waals surface area contributed by atoms with Gasteiger partial charge in [-0.15, -0.1) is 11.3 Å². The van der Waals surface area contributed by atoms with Gasteiger partial charge in [-0.25, -0.2) is 9.37 Å². The van der Waals surface area contributed by atoms with Crippen molar-refractivity contribution in [1.82, 2.24) is 19.8 Å². The van der Waals surface area contributed by atoms with E-state index in [0.717, 1.165) is 6.07 Å². The summed E-state index contributed by atoms with van der Waals surface area (Å²) in [4.78, 5) is 51.5. The van der Waals surface area contributed by atoms with Crippen LogP contribution in [0.3, 0.4) is 0 Å². The summed E-state index contributed by atoms with van der Waals surface area (Å²) in [5.41, 5.74) is 6.20. The van der Waals surface area contributed by atoms with Gasteiger partial charge in [-0.2, -0.15) is 8.78 Å². The van der Waals surface area contributed by atoms with Crippen molar-refractivity contribution < 1.29 is 27.6 Å². The van der Waals surface area contributed by atoms with Crippen molar-refractivity contribution in [2.24, 2.45) is 23.0 Å². The Morgan fingerprint density at radius 2 is 1.93 bits per heavy atom. The van der Waals surface area contributed by atoms with Crippen LogP contribution in [0.5, 0.6) is 0 Å². The van der Waals surface area contributed by atoms with Gasteiger partial charge in [-0.3, -0.25) is 24.3 Å². The number of hydrogen-bond acceptors (Lipinski definition) is 7. The quantitative estimate of drug-likeness (QED) is 0.448. The van der Waals surface area contributed by atoms with Gasteiger partial charge in [0, 0.05) is 35.8 Å². The molecule has 12 heteroatoms. The molecule has 3 aromatic rings. The number of aromatic nitrogens is 2. The first-order valence-electron chi connectivity index (χ1n) is 13.1. The van der Waals surface area contributed by atoms with Gasteiger partial charge in [0.15, 0.2) is 6.67 Å². The molecule has 3 aromatic heterocycles. The molecule has 1 aliphatic carbocycles. The number of nitrogens with zero attached hydrogens (tertiary/aromatic N) is 4. The summed E-state index contributed by atoms with van der Waals surface area (Å²) in [6.45, 7) is 4.25. The average molecular weight is 572 g/mol. The van der Waals surface area contributed by atoms with E-state index in [0.29, 0.717) is 40.2 Å². The van der Waals surface area contributed by atoms with E-state index < -0.39 is 18.3 Å². The minimum absolute atomic E-state index is 0.00529. The maximum absolute atomic E-state index is 14.5. The van der Waals surface area contributed by atoms with Crippen LogP contribution in [-0.2, 0) is 22.1 Å². The van der Waals surface area contributed by atoms with E-state index in [2.05, 4.69) is 9.97 Å². The maximum Gasteiger partial charge on any atom is 0.317 e. The normalized spacial score (nSPS) is 23.8. The largest absolute Gasteiger partial charge is 0.337 e. The summed E-state index contributed by atoms with van der Waals surface area (Å²) in [6.07, 6.45) is 2.10. The average Bonchev–Trinajstić information content (AvgIpc) is 3.29. The highest BCUT2D eigenvalue weighted by Gasteiger charge is 2.72. The van der Waals surface area contributed by atoms with Crippen LogP contribution in [0.15, 0.2) is 24.4 Å². The van der Waals surface area contributed by atoms with Crippen molar-refractivity contribution in [3.05, 3.63) is 46.1 Å². The Morgan fingerprint density at radius 3 is 2.55 bits per heavy atom. The smallest absolute Gasteiger partial charge is 0.317 e. The minimum atomic E-state index is -3.84. The number of aryl methyl sites for hydroxylation is 1. The third-order valence-electron chi connectivity index (χ3n) is 8.41. The Balaban J connectivity index is 1.44. The van der Waals surface area contributed by atoms with Crippen molar-refractivity contribution in [2.45, 2.75) is 45.7 Å². The SMILES string of the molecule is Cc1cc(C(F)(F)CF)nc(-c2ccnc3cc(CN4C(=O)C5C(C4=O)C5(C)C)sc23)c1C(=O)N1CCC(N)C1. The number of carbonyl (C=O) groups excluding carboxylic acids is 3. The molecule has 0 aromatic carbocycles. The Kier molecular flexibility index (Phi) is 6.08. The van der Waals surface area contributed by atoms with Crippen molar-refractivity contribution in [1.29, 1.82) is 0 Å². The van der Waals surface area contributed by atoms with Crippen molar-refractivity contribution in [3.8, 4) is 11.3 Å². The predicted molar refractivity (Wildman–Crippen MR) is 142 cm³/mol. The number of rotatable bonds is 6. The number of imide groups is 1. The number of thiophene rings is 1. The summed E-state index contributed by atoms with van der Waals surface area (Å²) < 4.78 is 42.9. The van der Waals surface area contributed by atoms with Crippen molar-refractivity contribution in [2.75, 3.05) is 19.8 Å². The predicted octanol–water partition coefficient (Wildman–Crippen LogP) is 4.04. The van der Waals surface area contributed by atoms with Gasteiger partial charge in [0.25, 0.3) is 5.91 Å². The molecule has 3 aliphatic rings. The Labute approximate surface area is 232 Å². The van der Waals surface area contributed by atoms with Crippen molar-refractivity contribution >= 4 is 39.3 Å². The number of pyridine rings is 2. The standard InChI is InChI=1S/C28H28F3N5O3S/c1-13-8-18(28(30,31)12-29)34-22(19(13)24(37)35-7-5-14(32)10-35)16-4-6-33-17-9-15(40-23(16)17)11-36-25(38)20-21(26(36)39)27(20,2)3/h4,6,8-9,14,20-21H,5,7,10-12,32H2,1-3H3. The molecule has 2 N–H and O–H groups in total. The van der Waals surface area contributed by atoms with E-state index in [-0.39, 0.29) is 64.4 Å². The van der Waals surface area contributed by atoms with Crippen molar-refractivity contribution in [3.63, 3.8) is 0 Å². The first-order valence-corrected chi connectivity index (χ1v) is 13.9. The van der Waals surface area contributed by atoms with E-state index in [1.165, 1.54) is 29.4 Å². The van der Waals surface area contributed by atoms with Gasteiger partial charge >= 0.3 is 5.92 Å². The topological polar surface area (TPSA) is 109 Å². The molecule has 3 amide bonds. The summed E-state index contributed by atoms with van der Waals surface area (Å²) in [6, 6.07) is 4.20. The summed E-state index contributed by atoms with van der Waals surface area (Å²) in [5, 5.41) is 0. The van der Waals surface area contributed by atoms with Gasteiger partial charge in [0.1, 0.15) is 5.69 Å². The summed E-state index contributed by atoms with van der Waals surface area (Å²) >= 11 is 1.25. The fourth-order valence-electron chi connectivity index (χ4n) is 6.09. The van der Waals surface area contributed by atoms with Crippen LogP contribution in [0, 0.1) is 24.2 Å². The lowest BCUT2D eigenvalue weighted by molar-refractivity contribution is -0.143. The van der Waals surface area contributed by atoms with Crippen LogP contribution < -0.4 is 5.73 Å². The van der Waals surface area contributed by atoms with E-state index in [1.54, 1.807) is 17.0 Å². The number of piperidine rings is 1. The lowest BCUT2D eigenvalue weighted by Crippen LogP contribution is -2.35. The molecule has 0 radical (unpaired) electrons. The zero-order valence-corrected chi connectivity index (χ0v) is 23.0. The number of amides is 3. The zero-order valence-electron chi connectivity index (χ0n) is 22.2. The molecule has 3 unspecified atom stereocenters. The highest BCUT2D eigenvalue weighted by molar-refractivity contribution is 7.19. The highest BCUT2D eigenvalue weighted by atomic mass is 32.1. The fraction of sp³-hybridized carbons (Fsp3) is 0.464. The summed E-state index contributed by atoms with van der Waals surface area (Å²) in [7, 11) is 0. The molecule has 1 saturated carbocycles. The first kappa shape index (κ1) is 26.8. The van der Waals surface area contributed by atoms with Crippen LogP contribution in [0.4, 0.5) is 13.2 Å². The van der Waals surface area contributed by atoms with Crippen LogP contribution in [0.2, 0.25) is 0 Å². The lowest BCUT2D eigenvalue weighted by Gasteiger charge is -2.22. The molecule has 2 aliphatic heterocycles. The number of likely N-dealkylation sites (tertiary alicyclic amines) is 2. The minimum Gasteiger partial charge on any atom is -0.337 e. The van der Waals surface area contributed by atoms with Crippen LogP contribution >= 0.6 is 11.3 Å². The number of hydrogen-bond donors (Lipinski definition) is 1. The molecular weight excluding hydrogens is 543 g/mol. The maximum atomic E-state index is 14.5. The zero-order chi connectivity index (χ0) is 28.7. The fourth-order valence-corrected chi connectivity index (χ4v) is 7.21. The van der Waals surface area contributed by atoms with Gasteiger partial charge < -0.3 is 10.6 Å². The molecule has 0 spiro atoms. The number of alkyl halides is 3. The van der Waals surface area contributed by atoms with Gasteiger partial charge in [-0.05, 0) is 42.5 Å². The highest BCUT2D eigenvalue weighted by Crippen LogP contribution is 2.63. The van der Waals surface area contributed by atoms with E-state index in [1.807, 2.05) is 13.8 Å². The number of nitrogens with two attached hydrogens (primary N) is 1. The van der Waals surface area contributed by atoms with Crippen LogP contribution in [0.1, 0.15) is 46.8 Å². The second kappa shape index (κ2) is 9.07. The molecule has 3 fully saturated rings. The second-order valence-electron chi connectivity index (χ2n) is 11.5. The lowest BCUT2D eigenvalue weighted by atomic mass is 9.98. The van der Waals surface area contributed by atoms with Crippen LogP contribution in [0.25, 0.3) is 21.5 Å². The molecule has 0 bridgehead atoms. The molecular formula is C28H28F3N5O3S.